The average Bonchev–Trinajstić information content (AvgIpc) is 2.73. The van der Waals surface area contributed by atoms with E-state index in [0.29, 0.717) is 26.1 Å². The molecule has 0 radical (unpaired) electrons. The van der Waals surface area contributed by atoms with Gasteiger partial charge in [0.05, 0.1) is 24.4 Å². The van der Waals surface area contributed by atoms with Crippen molar-refractivity contribution in [1.29, 1.82) is 0 Å². The summed E-state index contributed by atoms with van der Waals surface area (Å²) in [5, 5.41) is 16.0. The van der Waals surface area contributed by atoms with Crippen molar-refractivity contribution in [3.05, 3.63) is 17.5 Å². The number of fused-ring (bicyclic) bond motifs is 1. The number of urea groups is 1. The van der Waals surface area contributed by atoms with Crippen LogP contribution in [0.25, 0.3) is 0 Å². The van der Waals surface area contributed by atoms with Crippen molar-refractivity contribution in [2.24, 2.45) is 0 Å². The minimum atomic E-state index is -0.821. The molecule has 1 aromatic heterocycles. The van der Waals surface area contributed by atoms with Gasteiger partial charge in [0.15, 0.2) is 0 Å². The number of nitrogens with one attached hydrogen (secondary N) is 1. The molecule has 0 bridgehead atoms. The summed E-state index contributed by atoms with van der Waals surface area (Å²) in [5.74, 6) is -0.821. The molecule has 0 saturated heterocycles. The molecule has 2 rings (SSSR count). The van der Waals surface area contributed by atoms with Gasteiger partial charge in [0, 0.05) is 26.1 Å². The first kappa shape index (κ1) is 15.3. The number of aryl methyl sites for hydroxylation is 2. The maximum Gasteiger partial charge on any atom is 0.317 e. The summed E-state index contributed by atoms with van der Waals surface area (Å²) >= 11 is 0. The molecule has 0 spiro atoms. The van der Waals surface area contributed by atoms with Gasteiger partial charge in [0.1, 0.15) is 0 Å². The molecule has 0 atom stereocenters. The normalized spacial score (nSPS) is 14.4. The van der Waals surface area contributed by atoms with Crippen LogP contribution in [0.1, 0.15) is 37.6 Å². The van der Waals surface area contributed by atoms with Crippen LogP contribution in [0.2, 0.25) is 0 Å². The number of aliphatic carboxylic acids is 1. The first-order chi connectivity index (χ1) is 10.1. The fraction of sp³-hybridized carbons (Fsp3) is 0.643. The standard InChI is InChI=1S/C14H22N4O3/c1-2-6-15-14(21)17-7-3-8-18-12(10-17)9-11(16-18)4-5-13(19)20/h9H,2-8,10H2,1H3,(H,15,21)(H,19,20). The van der Waals surface area contributed by atoms with Crippen molar-refractivity contribution in [2.45, 2.75) is 45.7 Å². The Bertz CT molecular complexity index is 512. The number of carboxylic acid groups (broad SMARTS) is 1. The third-order valence-corrected chi connectivity index (χ3v) is 3.47. The molecule has 2 heterocycles. The van der Waals surface area contributed by atoms with Crippen LogP contribution in [-0.4, -0.2) is 44.9 Å². The lowest BCUT2D eigenvalue weighted by Gasteiger charge is -2.20. The van der Waals surface area contributed by atoms with Gasteiger partial charge in [-0.05, 0) is 18.9 Å². The third kappa shape index (κ3) is 4.21. The topological polar surface area (TPSA) is 87.5 Å². The van der Waals surface area contributed by atoms with Crippen LogP contribution in [-0.2, 0) is 24.3 Å². The SMILES string of the molecule is CCCNC(=O)N1CCCn2nc(CCC(=O)O)cc2C1. The average molecular weight is 294 g/mol. The summed E-state index contributed by atoms with van der Waals surface area (Å²) in [6.45, 7) is 4.70. The number of hydrogen-bond donors (Lipinski definition) is 2. The molecule has 1 aliphatic rings. The van der Waals surface area contributed by atoms with Gasteiger partial charge in [0.25, 0.3) is 0 Å². The smallest absolute Gasteiger partial charge is 0.317 e. The Balaban J connectivity index is 2.01. The van der Waals surface area contributed by atoms with E-state index in [1.807, 2.05) is 17.7 Å². The van der Waals surface area contributed by atoms with E-state index in [2.05, 4.69) is 10.4 Å². The minimum absolute atomic E-state index is 0.0430. The van der Waals surface area contributed by atoms with Gasteiger partial charge in [-0.3, -0.25) is 9.48 Å². The lowest BCUT2D eigenvalue weighted by atomic mass is 10.2. The van der Waals surface area contributed by atoms with Crippen LogP contribution < -0.4 is 5.32 Å². The van der Waals surface area contributed by atoms with E-state index in [1.165, 1.54) is 0 Å². The van der Waals surface area contributed by atoms with Crippen LogP contribution in [0, 0.1) is 0 Å². The van der Waals surface area contributed by atoms with E-state index in [-0.39, 0.29) is 12.5 Å². The molecule has 0 aliphatic carbocycles. The quantitative estimate of drug-likeness (QED) is 0.855. The van der Waals surface area contributed by atoms with Gasteiger partial charge in [-0.1, -0.05) is 6.92 Å². The second-order valence-corrected chi connectivity index (χ2v) is 5.25. The number of carbonyl (C=O) groups excluding carboxylic acids is 1. The molecule has 0 aromatic carbocycles. The molecule has 2 amide bonds. The maximum absolute atomic E-state index is 12.0. The fourth-order valence-corrected chi connectivity index (χ4v) is 2.40. The van der Waals surface area contributed by atoms with E-state index in [4.69, 9.17) is 5.11 Å². The summed E-state index contributed by atoms with van der Waals surface area (Å²) in [4.78, 5) is 24.5. The van der Waals surface area contributed by atoms with Crippen LogP contribution in [0.5, 0.6) is 0 Å². The molecule has 0 saturated carbocycles. The summed E-state index contributed by atoms with van der Waals surface area (Å²) < 4.78 is 1.89. The number of nitrogens with zero attached hydrogens (tertiary/aromatic N) is 3. The minimum Gasteiger partial charge on any atom is -0.481 e. The Morgan fingerprint density at radius 3 is 2.95 bits per heavy atom. The molecular weight excluding hydrogens is 272 g/mol. The third-order valence-electron chi connectivity index (χ3n) is 3.47. The highest BCUT2D eigenvalue weighted by molar-refractivity contribution is 5.74. The van der Waals surface area contributed by atoms with Gasteiger partial charge >= 0.3 is 12.0 Å². The highest BCUT2D eigenvalue weighted by Gasteiger charge is 2.20. The molecular formula is C14H22N4O3. The lowest BCUT2D eigenvalue weighted by molar-refractivity contribution is -0.136. The van der Waals surface area contributed by atoms with E-state index in [1.54, 1.807) is 4.90 Å². The molecule has 0 fully saturated rings. The molecule has 116 valence electrons. The van der Waals surface area contributed by atoms with Crippen molar-refractivity contribution < 1.29 is 14.7 Å². The molecule has 0 unspecified atom stereocenters. The first-order valence-corrected chi connectivity index (χ1v) is 7.40. The summed E-state index contributed by atoms with van der Waals surface area (Å²) in [7, 11) is 0. The number of aromatic nitrogens is 2. The van der Waals surface area contributed by atoms with Gasteiger partial charge in [-0.15, -0.1) is 0 Å². The summed E-state index contributed by atoms with van der Waals surface area (Å²) in [6.07, 6.45) is 2.28. The zero-order chi connectivity index (χ0) is 15.2. The monoisotopic (exact) mass is 294 g/mol. The highest BCUT2D eigenvalue weighted by atomic mass is 16.4. The number of carbonyl (C=O) groups is 2. The van der Waals surface area contributed by atoms with Gasteiger partial charge in [0.2, 0.25) is 0 Å². The Labute approximate surface area is 123 Å². The van der Waals surface area contributed by atoms with Gasteiger partial charge in [-0.25, -0.2) is 4.79 Å². The Morgan fingerprint density at radius 2 is 2.24 bits per heavy atom. The van der Waals surface area contributed by atoms with Crippen LogP contribution in [0.15, 0.2) is 6.07 Å². The van der Waals surface area contributed by atoms with Gasteiger partial charge in [-0.2, -0.15) is 5.10 Å². The van der Waals surface area contributed by atoms with Crippen LogP contribution in [0.4, 0.5) is 4.79 Å². The molecule has 1 aliphatic heterocycles. The fourth-order valence-electron chi connectivity index (χ4n) is 2.40. The van der Waals surface area contributed by atoms with Crippen molar-refractivity contribution in [3.63, 3.8) is 0 Å². The highest BCUT2D eigenvalue weighted by Crippen LogP contribution is 2.15. The first-order valence-electron chi connectivity index (χ1n) is 7.40. The predicted octanol–water partition coefficient (Wildman–Crippen LogP) is 1.23. The molecule has 1 aromatic rings. The van der Waals surface area contributed by atoms with E-state index in [0.717, 1.165) is 30.8 Å². The van der Waals surface area contributed by atoms with Crippen molar-refractivity contribution >= 4 is 12.0 Å². The largest absolute Gasteiger partial charge is 0.481 e. The molecule has 7 heteroatoms. The summed E-state index contributed by atoms with van der Waals surface area (Å²) in [6, 6.07) is 1.87. The van der Waals surface area contributed by atoms with Crippen molar-refractivity contribution in [3.8, 4) is 0 Å². The zero-order valence-corrected chi connectivity index (χ0v) is 12.3. The molecule has 7 nitrogen and oxygen atoms in total. The van der Waals surface area contributed by atoms with Crippen molar-refractivity contribution in [2.75, 3.05) is 13.1 Å². The van der Waals surface area contributed by atoms with Crippen LogP contribution in [0.3, 0.4) is 0 Å². The van der Waals surface area contributed by atoms with E-state index < -0.39 is 5.97 Å². The number of hydrogen-bond acceptors (Lipinski definition) is 3. The number of amides is 2. The Kier molecular flexibility index (Phi) is 5.19. The zero-order valence-electron chi connectivity index (χ0n) is 12.3. The Morgan fingerprint density at radius 1 is 1.43 bits per heavy atom. The maximum atomic E-state index is 12.0. The molecule has 21 heavy (non-hydrogen) atoms. The van der Waals surface area contributed by atoms with Gasteiger partial charge < -0.3 is 15.3 Å². The van der Waals surface area contributed by atoms with E-state index >= 15 is 0 Å². The lowest BCUT2D eigenvalue weighted by Crippen LogP contribution is -2.39. The van der Waals surface area contributed by atoms with E-state index in [9.17, 15) is 9.59 Å². The van der Waals surface area contributed by atoms with Crippen molar-refractivity contribution in [1.82, 2.24) is 20.0 Å². The van der Waals surface area contributed by atoms with Crippen LogP contribution >= 0.6 is 0 Å². The summed E-state index contributed by atoms with van der Waals surface area (Å²) in [5.41, 5.74) is 1.75. The Hall–Kier alpha value is -2.05. The second kappa shape index (κ2) is 7.10. The number of rotatable bonds is 5. The second-order valence-electron chi connectivity index (χ2n) is 5.25. The predicted molar refractivity (Wildman–Crippen MR) is 76.9 cm³/mol. The molecule has 2 N–H and O–H groups in total. The number of carboxylic acids is 1.